The van der Waals surface area contributed by atoms with E-state index in [0.29, 0.717) is 5.76 Å². The molecule has 2 aromatic rings. The quantitative estimate of drug-likeness (QED) is 0.774. The predicted octanol–water partition coefficient (Wildman–Crippen LogP) is 3.54. The van der Waals surface area contributed by atoms with Gasteiger partial charge < -0.3 is 14.8 Å². The summed E-state index contributed by atoms with van der Waals surface area (Å²) in [4.78, 5) is 12.5. The molecule has 0 spiro atoms. The lowest BCUT2D eigenvalue weighted by molar-refractivity contribution is 0.0888. The van der Waals surface area contributed by atoms with E-state index in [-0.39, 0.29) is 18.6 Å². The lowest BCUT2D eigenvalue weighted by atomic mass is 10.1. The van der Waals surface area contributed by atoms with Crippen molar-refractivity contribution in [2.45, 2.75) is 39.2 Å². The molecular formula is C18H25NO3S. The van der Waals surface area contributed by atoms with Crippen molar-refractivity contribution in [1.29, 1.82) is 0 Å². The average molecular weight is 335 g/mol. The molecule has 2 N–H and O–H groups in total. The molecule has 5 heteroatoms. The van der Waals surface area contributed by atoms with Gasteiger partial charge in [0.25, 0.3) is 5.91 Å². The second-order valence-electron chi connectivity index (χ2n) is 5.77. The summed E-state index contributed by atoms with van der Waals surface area (Å²) in [6, 6.07) is 5.84. The number of hydrogen-bond acceptors (Lipinski definition) is 4. The third-order valence-corrected chi connectivity index (χ3v) is 4.62. The van der Waals surface area contributed by atoms with Crippen LogP contribution in [-0.2, 0) is 6.42 Å². The first kappa shape index (κ1) is 17.9. The number of carbonyl (C=O) groups excluding carboxylic acids is 1. The van der Waals surface area contributed by atoms with Crippen LogP contribution in [0, 0.1) is 6.92 Å². The standard InChI is InChI=1S/C18H25NO3S/c1-4-5-13-6-7-16-15(10-13)12(2)17(22-16)18(21)19-14(11-20)8-9-23-3/h6-7,10,14,20H,4-5,8-9,11H2,1-3H3,(H,19,21)/t14-/m0/s1. The summed E-state index contributed by atoms with van der Waals surface area (Å²) in [6.07, 6.45) is 4.85. The van der Waals surface area contributed by atoms with Gasteiger partial charge in [-0.25, -0.2) is 0 Å². The monoisotopic (exact) mass is 335 g/mol. The maximum Gasteiger partial charge on any atom is 0.287 e. The Balaban J connectivity index is 2.21. The summed E-state index contributed by atoms with van der Waals surface area (Å²) >= 11 is 1.70. The zero-order valence-electron chi connectivity index (χ0n) is 14.0. The number of amides is 1. The summed E-state index contributed by atoms with van der Waals surface area (Å²) in [5.74, 6) is 0.984. The second kappa shape index (κ2) is 8.41. The van der Waals surface area contributed by atoms with Gasteiger partial charge in [0.2, 0.25) is 0 Å². The van der Waals surface area contributed by atoms with Gasteiger partial charge in [-0.05, 0) is 49.5 Å². The summed E-state index contributed by atoms with van der Waals surface area (Å²) in [6.45, 7) is 3.99. The molecule has 1 aromatic heterocycles. The van der Waals surface area contributed by atoms with Gasteiger partial charge in [0.15, 0.2) is 5.76 Å². The van der Waals surface area contributed by atoms with E-state index in [1.54, 1.807) is 11.8 Å². The SMILES string of the molecule is CCCc1ccc2oc(C(=O)N[C@H](CO)CCSC)c(C)c2c1. The van der Waals surface area contributed by atoms with Crippen molar-refractivity contribution in [3.8, 4) is 0 Å². The average Bonchev–Trinajstić information content (AvgIpc) is 2.88. The number of benzene rings is 1. The number of thioether (sulfide) groups is 1. The molecule has 1 atom stereocenters. The number of carbonyl (C=O) groups is 1. The largest absolute Gasteiger partial charge is 0.451 e. The Bertz CT molecular complexity index is 666. The van der Waals surface area contributed by atoms with E-state index in [1.165, 1.54) is 5.56 Å². The topological polar surface area (TPSA) is 62.5 Å². The van der Waals surface area contributed by atoms with Crippen LogP contribution in [0.5, 0.6) is 0 Å². The van der Waals surface area contributed by atoms with Crippen LogP contribution in [0.2, 0.25) is 0 Å². The van der Waals surface area contributed by atoms with E-state index in [2.05, 4.69) is 18.3 Å². The molecule has 2 rings (SSSR count). The Morgan fingerprint density at radius 2 is 2.22 bits per heavy atom. The van der Waals surface area contributed by atoms with Gasteiger partial charge in [0.05, 0.1) is 12.6 Å². The van der Waals surface area contributed by atoms with Gasteiger partial charge >= 0.3 is 0 Å². The van der Waals surface area contributed by atoms with E-state index >= 15 is 0 Å². The molecule has 0 unspecified atom stereocenters. The molecule has 4 nitrogen and oxygen atoms in total. The van der Waals surface area contributed by atoms with E-state index in [0.717, 1.165) is 41.5 Å². The van der Waals surface area contributed by atoms with E-state index < -0.39 is 0 Å². The molecule has 1 amide bonds. The van der Waals surface area contributed by atoms with Crippen LogP contribution in [-0.4, -0.2) is 35.7 Å². The maximum absolute atomic E-state index is 12.5. The van der Waals surface area contributed by atoms with Crippen LogP contribution in [0.4, 0.5) is 0 Å². The first-order valence-electron chi connectivity index (χ1n) is 8.03. The number of aliphatic hydroxyl groups excluding tert-OH is 1. The Hall–Kier alpha value is -1.46. The number of fused-ring (bicyclic) bond motifs is 1. The van der Waals surface area contributed by atoms with Gasteiger partial charge in [-0.3, -0.25) is 4.79 Å². The maximum atomic E-state index is 12.5. The van der Waals surface area contributed by atoms with Crippen molar-refractivity contribution in [2.75, 3.05) is 18.6 Å². The first-order valence-corrected chi connectivity index (χ1v) is 9.42. The number of aryl methyl sites for hydroxylation is 2. The molecule has 0 fully saturated rings. The van der Waals surface area contributed by atoms with Crippen LogP contribution in [0.15, 0.2) is 22.6 Å². The number of aliphatic hydroxyl groups is 1. The van der Waals surface area contributed by atoms with Gasteiger partial charge in [0.1, 0.15) is 5.58 Å². The minimum Gasteiger partial charge on any atom is -0.451 e. The fourth-order valence-corrected chi connectivity index (χ4v) is 3.17. The summed E-state index contributed by atoms with van der Waals surface area (Å²) in [5.41, 5.74) is 2.85. The van der Waals surface area contributed by atoms with Crippen molar-refractivity contribution >= 4 is 28.6 Å². The first-order chi connectivity index (χ1) is 11.1. The van der Waals surface area contributed by atoms with E-state index in [9.17, 15) is 9.90 Å². The number of furan rings is 1. The van der Waals surface area contributed by atoms with Crippen molar-refractivity contribution in [2.24, 2.45) is 0 Å². The molecule has 0 saturated heterocycles. The van der Waals surface area contributed by atoms with Gasteiger partial charge in [-0.2, -0.15) is 11.8 Å². The molecule has 0 aliphatic heterocycles. The molecule has 0 radical (unpaired) electrons. The Morgan fingerprint density at radius 1 is 1.43 bits per heavy atom. The van der Waals surface area contributed by atoms with Gasteiger partial charge in [0, 0.05) is 10.9 Å². The molecule has 0 aliphatic rings. The summed E-state index contributed by atoms with van der Waals surface area (Å²) < 4.78 is 5.74. The molecule has 126 valence electrons. The lowest BCUT2D eigenvalue weighted by Crippen LogP contribution is -2.38. The number of hydrogen-bond donors (Lipinski definition) is 2. The lowest BCUT2D eigenvalue weighted by Gasteiger charge is -2.14. The van der Waals surface area contributed by atoms with Crippen LogP contribution in [0.3, 0.4) is 0 Å². The van der Waals surface area contributed by atoms with Gasteiger partial charge in [-0.15, -0.1) is 0 Å². The van der Waals surface area contributed by atoms with E-state index in [4.69, 9.17) is 4.42 Å². The number of nitrogens with one attached hydrogen (secondary N) is 1. The normalized spacial score (nSPS) is 12.5. The molecule has 0 bridgehead atoms. The van der Waals surface area contributed by atoms with Crippen LogP contribution >= 0.6 is 11.8 Å². The highest BCUT2D eigenvalue weighted by molar-refractivity contribution is 7.98. The van der Waals surface area contributed by atoms with Crippen LogP contribution < -0.4 is 5.32 Å². The minimum absolute atomic E-state index is 0.0633. The highest BCUT2D eigenvalue weighted by Crippen LogP contribution is 2.26. The summed E-state index contributed by atoms with van der Waals surface area (Å²) in [5, 5.41) is 13.3. The second-order valence-corrected chi connectivity index (χ2v) is 6.76. The smallest absolute Gasteiger partial charge is 0.287 e. The number of rotatable bonds is 8. The van der Waals surface area contributed by atoms with Crippen LogP contribution in [0.25, 0.3) is 11.0 Å². The zero-order chi connectivity index (χ0) is 16.8. The third-order valence-electron chi connectivity index (χ3n) is 3.97. The molecule has 1 aromatic carbocycles. The van der Waals surface area contributed by atoms with Crippen molar-refractivity contribution in [3.05, 3.63) is 35.1 Å². The predicted molar refractivity (Wildman–Crippen MR) is 96.3 cm³/mol. The van der Waals surface area contributed by atoms with E-state index in [1.807, 2.05) is 25.3 Å². The van der Waals surface area contributed by atoms with Crippen LogP contribution in [0.1, 0.15) is 41.4 Å². The van der Waals surface area contributed by atoms with Crippen molar-refractivity contribution in [3.63, 3.8) is 0 Å². The molecule has 23 heavy (non-hydrogen) atoms. The van der Waals surface area contributed by atoms with Crippen molar-refractivity contribution in [1.82, 2.24) is 5.32 Å². The molecule has 0 aliphatic carbocycles. The Kier molecular flexibility index (Phi) is 6.54. The summed E-state index contributed by atoms with van der Waals surface area (Å²) in [7, 11) is 0. The zero-order valence-corrected chi connectivity index (χ0v) is 14.8. The molecular weight excluding hydrogens is 310 g/mol. The minimum atomic E-state index is -0.254. The fraction of sp³-hybridized carbons (Fsp3) is 0.500. The highest BCUT2D eigenvalue weighted by atomic mass is 32.2. The molecule has 0 saturated carbocycles. The van der Waals surface area contributed by atoms with Crippen molar-refractivity contribution < 1.29 is 14.3 Å². The molecule has 1 heterocycles. The van der Waals surface area contributed by atoms with Gasteiger partial charge in [-0.1, -0.05) is 19.4 Å². The fourth-order valence-electron chi connectivity index (χ4n) is 2.65. The third kappa shape index (κ3) is 4.30. The Labute approximate surface area is 141 Å². The highest BCUT2D eigenvalue weighted by Gasteiger charge is 2.20. The Morgan fingerprint density at radius 3 is 2.87 bits per heavy atom.